The molecule has 2 rings (SSSR count). The van der Waals surface area contributed by atoms with Gasteiger partial charge in [-0.05, 0) is 43.2 Å². The van der Waals surface area contributed by atoms with Gasteiger partial charge in [-0.25, -0.2) is 0 Å². The molecule has 18 heavy (non-hydrogen) atoms. The Morgan fingerprint density at radius 3 is 2.83 bits per heavy atom. The van der Waals surface area contributed by atoms with E-state index in [1.165, 1.54) is 19.1 Å². The summed E-state index contributed by atoms with van der Waals surface area (Å²) >= 11 is 0. The van der Waals surface area contributed by atoms with E-state index in [2.05, 4.69) is 0 Å². The Balaban J connectivity index is 2.48. The van der Waals surface area contributed by atoms with E-state index in [0.29, 0.717) is 17.9 Å². The van der Waals surface area contributed by atoms with Crippen LogP contribution in [-0.2, 0) is 11.2 Å². The van der Waals surface area contributed by atoms with E-state index in [9.17, 15) is 14.7 Å². The summed E-state index contributed by atoms with van der Waals surface area (Å²) in [6, 6.07) is 3.08. The number of fused-ring (bicyclic) bond motifs is 1. The number of aromatic hydroxyl groups is 1. The second kappa shape index (κ2) is 4.64. The Morgan fingerprint density at radius 2 is 2.17 bits per heavy atom. The summed E-state index contributed by atoms with van der Waals surface area (Å²) in [6.07, 6.45) is 1.67. The van der Waals surface area contributed by atoms with Gasteiger partial charge in [-0.2, -0.15) is 0 Å². The molecule has 0 atom stereocenters. The molecule has 94 valence electrons. The molecule has 1 N–H and O–H groups in total. The Labute approximate surface area is 105 Å². The maximum Gasteiger partial charge on any atom is 0.193 e. The fourth-order valence-corrected chi connectivity index (χ4v) is 1.94. The van der Waals surface area contributed by atoms with Crippen molar-refractivity contribution in [3.05, 3.63) is 34.9 Å². The molecular weight excluding hydrogens is 232 g/mol. The smallest absolute Gasteiger partial charge is 0.193 e. The molecule has 1 aromatic carbocycles. The molecule has 4 heteroatoms. The molecule has 0 saturated carbocycles. The van der Waals surface area contributed by atoms with Crippen LogP contribution in [0.15, 0.2) is 23.8 Å². The zero-order valence-electron chi connectivity index (χ0n) is 10.3. The number of hydrogen-bond acceptors (Lipinski definition) is 4. The average molecular weight is 246 g/mol. The van der Waals surface area contributed by atoms with Crippen molar-refractivity contribution in [1.82, 2.24) is 0 Å². The second-order valence-corrected chi connectivity index (χ2v) is 4.51. The van der Waals surface area contributed by atoms with E-state index in [-0.39, 0.29) is 29.3 Å². The monoisotopic (exact) mass is 246 g/mol. The van der Waals surface area contributed by atoms with Gasteiger partial charge in [0.1, 0.15) is 29.5 Å². The van der Waals surface area contributed by atoms with Crippen molar-refractivity contribution in [2.24, 2.45) is 0 Å². The van der Waals surface area contributed by atoms with Crippen molar-refractivity contribution in [1.29, 1.82) is 0 Å². The lowest BCUT2D eigenvalue weighted by atomic mass is 10.0. The van der Waals surface area contributed by atoms with Gasteiger partial charge < -0.3 is 9.84 Å². The summed E-state index contributed by atoms with van der Waals surface area (Å²) < 4.78 is 5.47. The van der Waals surface area contributed by atoms with Gasteiger partial charge in [0, 0.05) is 6.42 Å². The molecule has 0 amide bonds. The van der Waals surface area contributed by atoms with Gasteiger partial charge in [0.15, 0.2) is 5.78 Å². The first-order valence-corrected chi connectivity index (χ1v) is 5.67. The summed E-state index contributed by atoms with van der Waals surface area (Å²) in [7, 11) is 0. The zero-order chi connectivity index (χ0) is 13.3. The van der Waals surface area contributed by atoms with Crippen molar-refractivity contribution in [2.45, 2.75) is 20.3 Å². The van der Waals surface area contributed by atoms with Crippen molar-refractivity contribution in [3.63, 3.8) is 0 Å². The lowest BCUT2D eigenvalue weighted by Gasteiger charge is -2.10. The van der Waals surface area contributed by atoms with Crippen LogP contribution in [0.4, 0.5) is 0 Å². The first-order chi connectivity index (χ1) is 8.47. The highest BCUT2D eigenvalue weighted by molar-refractivity contribution is 6.09. The van der Waals surface area contributed by atoms with E-state index in [0.717, 1.165) is 5.57 Å². The molecular formula is C14H14O4. The first-order valence-electron chi connectivity index (χ1n) is 5.67. The van der Waals surface area contributed by atoms with Gasteiger partial charge >= 0.3 is 0 Å². The van der Waals surface area contributed by atoms with E-state index < -0.39 is 0 Å². The Morgan fingerprint density at radius 1 is 1.44 bits per heavy atom. The Hall–Kier alpha value is -2.10. The number of phenolic OH excluding ortho intramolecular Hbond substituents is 1. The van der Waals surface area contributed by atoms with Gasteiger partial charge in [0.2, 0.25) is 0 Å². The van der Waals surface area contributed by atoms with Gasteiger partial charge in [0.05, 0.1) is 0 Å². The van der Waals surface area contributed by atoms with Gasteiger partial charge in [-0.3, -0.25) is 9.59 Å². The van der Waals surface area contributed by atoms with Crippen LogP contribution in [0.5, 0.6) is 11.5 Å². The van der Waals surface area contributed by atoms with E-state index >= 15 is 0 Å². The molecule has 0 aromatic heterocycles. The zero-order valence-corrected chi connectivity index (χ0v) is 10.3. The fourth-order valence-electron chi connectivity index (χ4n) is 1.94. The first kappa shape index (κ1) is 12.4. The van der Waals surface area contributed by atoms with Crippen LogP contribution in [0.2, 0.25) is 0 Å². The second-order valence-electron chi connectivity index (χ2n) is 4.51. The Kier molecular flexibility index (Phi) is 3.19. The lowest BCUT2D eigenvalue weighted by Crippen LogP contribution is -2.02. The molecule has 0 unspecified atom stereocenters. The van der Waals surface area contributed by atoms with Crippen LogP contribution >= 0.6 is 0 Å². The average Bonchev–Trinajstić information content (AvgIpc) is 2.37. The minimum Gasteiger partial charge on any atom is -0.507 e. The normalized spacial score (nSPS) is 14.3. The standard InChI is InChI=1S/C14H14O4/c1-8-3-11(16)14-12(17)5-10(4-9(2)15)6-13(14)18-7-8/h3,5-6,17H,4,7H2,1-2H3. The third-order valence-electron chi connectivity index (χ3n) is 2.67. The van der Waals surface area contributed by atoms with Crippen molar-refractivity contribution in [2.75, 3.05) is 6.61 Å². The maximum atomic E-state index is 11.9. The van der Waals surface area contributed by atoms with Gasteiger partial charge in [0.25, 0.3) is 0 Å². The summed E-state index contributed by atoms with van der Waals surface area (Å²) in [6.45, 7) is 3.57. The van der Waals surface area contributed by atoms with Crippen LogP contribution < -0.4 is 4.74 Å². The number of rotatable bonds is 2. The molecule has 0 bridgehead atoms. The number of carbonyl (C=O) groups excluding carboxylic acids is 2. The molecule has 0 fully saturated rings. The largest absolute Gasteiger partial charge is 0.507 e. The Bertz CT molecular complexity index is 555. The van der Waals surface area contributed by atoms with Gasteiger partial charge in [-0.1, -0.05) is 0 Å². The highest BCUT2D eigenvalue weighted by Crippen LogP contribution is 2.33. The van der Waals surface area contributed by atoms with Crippen molar-refractivity contribution < 1.29 is 19.4 Å². The summed E-state index contributed by atoms with van der Waals surface area (Å²) in [5.74, 6) is -0.0838. The number of hydrogen-bond donors (Lipinski definition) is 1. The predicted molar refractivity (Wildman–Crippen MR) is 66.1 cm³/mol. The van der Waals surface area contributed by atoms with Gasteiger partial charge in [-0.15, -0.1) is 0 Å². The molecule has 0 radical (unpaired) electrons. The molecule has 1 aliphatic rings. The fraction of sp³-hybridized carbons (Fsp3) is 0.286. The summed E-state index contributed by atoms with van der Waals surface area (Å²) in [5.41, 5.74) is 1.61. The molecule has 0 spiro atoms. The molecule has 4 nitrogen and oxygen atoms in total. The lowest BCUT2D eigenvalue weighted by molar-refractivity contribution is -0.116. The number of benzene rings is 1. The highest BCUT2D eigenvalue weighted by atomic mass is 16.5. The van der Waals surface area contributed by atoms with E-state index in [4.69, 9.17) is 4.74 Å². The third-order valence-corrected chi connectivity index (χ3v) is 2.67. The van der Waals surface area contributed by atoms with Crippen molar-refractivity contribution >= 4 is 11.6 Å². The molecule has 1 heterocycles. The van der Waals surface area contributed by atoms with Crippen molar-refractivity contribution in [3.8, 4) is 11.5 Å². The van der Waals surface area contributed by atoms with Crippen LogP contribution in [0.25, 0.3) is 0 Å². The van der Waals surface area contributed by atoms with Crippen LogP contribution in [0, 0.1) is 0 Å². The van der Waals surface area contributed by atoms with Crippen LogP contribution in [0.3, 0.4) is 0 Å². The van der Waals surface area contributed by atoms with E-state index in [1.54, 1.807) is 13.0 Å². The summed E-state index contributed by atoms with van der Waals surface area (Å²) in [4.78, 5) is 23.0. The number of ether oxygens (including phenoxy) is 1. The number of carbonyl (C=O) groups is 2. The number of allylic oxidation sites excluding steroid dienone is 1. The topological polar surface area (TPSA) is 63.6 Å². The van der Waals surface area contributed by atoms with Crippen LogP contribution in [0.1, 0.15) is 29.8 Å². The molecule has 1 aliphatic heterocycles. The maximum absolute atomic E-state index is 11.9. The van der Waals surface area contributed by atoms with Crippen LogP contribution in [-0.4, -0.2) is 23.3 Å². The number of ketones is 2. The number of Topliss-reactive ketones (excluding diaryl/α,β-unsaturated/α-hetero) is 1. The quantitative estimate of drug-likeness (QED) is 0.867. The predicted octanol–water partition coefficient (Wildman–Crippen LogP) is 2.05. The van der Waals surface area contributed by atoms with E-state index in [1.807, 2.05) is 0 Å². The SMILES string of the molecule is CC(=O)Cc1cc(O)c2c(c1)OCC(C)=CC2=O. The molecule has 0 aliphatic carbocycles. The molecule has 1 aromatic rings. The minimum absolute atomic E-state index is 0.0106. The minimum atomic E-state index is -0.271. The highest BCUT2D eigenvalue weighted by Gasteiger charge is 2.20. The number of phenols is 1. The third kappa shape index (κ3) is 2.42. The summed E-state index contributed by atoms with van der Waals surface area (Å²) in [5, 5.41) is 9.89. The molecule has 0 saturated heterocycles.